The van der Waals surface area contributed by atoms with Gasteiger partial charge in [0.05, 0.1) is 0 Å². The molecule has 0 fully saturated rings. The summed E-state index contributed by atoms with van der Waals surface area (Å²) >= 11 is 0. The van der Waals surface area contributed by atoms with Crippen LogP contribution in [-0.4, -0.2) is 13.9 Å². The Morgan fingerprint density at radius 1 is 1.09 bits per heavy atom. The number of allylic oxidation sites excluding steroid dienone is 2. The van der Waals surface area contributed by atoms with Crippen LogP contribution in [0.5, 0.6) is 11.5 Å². The van der Waals surface area contributed by atoms with Crippen LogP contribution in [-0.2, 0) is 6.42 Å². The van der Waals surface area contributed by atoms with Crippen molar-refractivity contribution >= 4 is 13.5 Å². The number of benzene rings is 2. The van der Waals surface area contributed by atoms with Gasteiger partial charge in [0.1, 0.15) is 17.1 Å². The van der Waals surface area contributed by atoms with Crippen molar-refractivity contribution in [3.05, 3.63) is 65.2 Å². The molecule has 172 valence electrons. The van der Waals surface area contributed by atoms with E-state index in [0.29, 0.717) is 11.8 Å². The Kier molecular flexibility index (Phi) is 6.58. The van der Waals surface area contributed by atoms with Crippen LogP contribution >= 0.6 is 0 Å². The van der Waals surface area contributed by atoms with Gasteiger partial charge < -0.3 is 9.16 Å². The number of hydrogen-bond acceptors (Lipinski definition) is 2. The molecular formula is C29H40O2Si. The summed E-state index contributed by atoms with van der Waals surface area (Å²) < 4.78 is 13.8. The first-order chi connectivity index (χ1) is 15.2. The third-order valence-electron chi connectivity index (χ3n) is 7.41. The van der Waals surface area contributed by atoms with Crippen molar-refractivity contribution < 1.29 is 9.16 Å². The van der Waals surface area contributed by atoms with Crippen LogP contribution in [0.1, 0.15) is 76.8 Å². The van der Waals surface area contributed by atoms with E-state index in [2.05, 4.69) is 89.3 Å². The van der Waals surface area contributed by atoms with Crippen molar-refractivity contribution in [3.63, 3.8) is 0 Å². The number of ether oxygens (including phenoxy) is 1. The molecule has 1 aliphatic heterocycles. The average molecular weight is 449 g/mol. The molecular weight excluding hydrogens is 408 g/mol. The standard InChI is InChI=1S/C29H40O2Si/c1-7-8-10-13-22-19-26-28(24-18-21(2)16-17-25(24)29(3,4)30-26)27(20-22)31-32(5,6)23-14-11-9-12-15-23/h9,11-12,14-15,18-20,24-25H,7-8,10,13,16-17H2,1-6H3/t24-,25-/m1/s1. The molecule has 32 heavy (non-hydrogen) atoms. The van der Waals surface area contributed by atoms with E-state index in [1.165, 1.54) is 54.0 Å². The Hall–Kier alpha value is -2.00. The molecule has 0 bridgehead atoms. The number of rotatable bonds is 7. The molecule has 1 heterocycles. The summed E-state index contributed by atoms with van der Waals surface area (Å²) in [4.78, 5) is 0. The minimum Gasteiger partial charge on any atom is -0.539 e. The summed E-state index contributed by atoms with van der Waals surface area (Å²) in [5, 5.41) is 1.33. The van der Waals surface area contributed by atoms with Gasteiger partial charge in [0.15, 0.2) is 0 Å². The van der Waals surface area contributed by atoms with Crippen LogP contribution in [0.25, 0.3) is 0 Å². The monoisotopic (exact) mass is 448 g/mol. The lowest BCUT2D eigenvalue weighted by molar-refractivity contribution is 0.0110. The zero-order chi connectivity index (χ0) is 22.9. The van der Waals surface area contributed by atoms with Gasteiger partial charge in [-0.3, -0.25) is 0 Å². The lowest BCUT2D eigenvalue weighted by atomic mass is 9.68. The maximum Gasteiger partial charge on any atom is 0.276 e. The number of unbranched alkanes of at least 4 members (excludes halogenated alkanes) is 2. The second kappa shape index (κ2) is 9.09. The molecule has 0 saturated heterocycles. The first kappa shape index (κ1) is 23.2. The highest BCUT2D eigenvalue weighted by Gasteiger charge is 2.46. The summed E-state index contributed by atoms with van der Waals surface area (Å²) in [5.41, 5.74) is 3.95. The molecule has 0 saturated carbocycles. The van der Waals surface area contributed by atoms with Crippen LogP contribution < -0.4 is 14.3 Å². The Morgan fingerprint density at radius 3 is 2.56 bits per heavy atom. The van der Waals surface area contributed by atoms with Gasteiger partial charge in [-0.2, -0.15) is 0 Å². The fourth-order valence-corrected chi connectivity index (χ4v) is 7.37. The molecule has 2 atom stereocenters. The second-order valence-electron chi connectivity index (χ2n) is 10.8. The summed E-state index contributed by atoms with van der Waals surface area (Å²) in [6.07, 6.45) is 9.63. The number of hydrogen-bond donors (Lipinski definition) is 0. The van der Waals surface area contributed by atoms with Crippen LogP contribution in [0.3, 0.4) is 0 Å². The van der Waals surface area contributed by atoms with Crippen LogP contribution in [0.15, 0.2) is 54.1 Å². The van der Waals surface area contributed by atoms with Crippen molar-refractivity contribution in [2.45, 2.75) is 90.8 Å². The average Bonchev–Trinajstić information content (AvgIpc) is 2.73. The molecule has 3 heteroatoms. The molecule has 1 aliphatic carbocycles. The largest absolute Gasteiger partial charge is 0.539 e. The molecule has 4 rings (SSSR count). The quantitative estimate of drug-likeness (QED) is 0.248. The normalized spacial score (nSPS) is 21.8. The van der Waals surface area contributed by atoms with E-state index in [-0.39, 0.29) is 5.60 Å². The molecule has 2 aromatic rings. The summed E-state index contributed by atoms with van der Waals surface area (Å²) in [6.45, 7) is 13.7. The van der Waals surface area contributed by atoms with Gasteiger partial charge in [-0.15, -0.1) is 0 Å². The maximum atomic E-state index is 7.02. The summed E-state index contributed by atoms with van der Waals surface area (Å²) in [5.74, 6) is 2.95. The molecule has 0 N–H and O–H groups in total. The molecule has 2 nitrogen and oxygen atoms in total. The van der Waals surface area contributed by atoms with Gasteiger partial charge in [-0.25, -0.2) is 0 Å². The van der Waals surface area contributed by atoms with Gasteiger partial charge in [0.25, 0.3) is 8.32 Å². The van der Waals surface area contributed by atoms with Gasteiger partial charge in [0, 0.05) is 17.4 Å². The Bertz CT molecular complexity index is 974. The van der Waals surface area contributed by atoms with E-state index in [1.807, 2.05) is 0 Å². The summed E-state index contributed by atoms with van der Waals surface area (Å²) in [7, 11) is -2.13. The van der Waals surface area contributed by atoms with Crippen LogP contribution in [0.2, 0.25) is 13.1 Å². The number of fused-ring (bicyclic) bond motifs is 3. The van der Waals surface area contributed by atoms with E-state index >= 15 is 0 Å². The topological polar surface area (TPSA) is 18.5 Å². The fraction of sp³-hybridized carbons (Fsp3) is 0.517. The Labute approximate surface area is 196 Å². The Morgan fingerprint density at radius 2 is 1.84 bits per heavy atom. The van der Waals surface area contributed by atoms with Crippen LogP contribution in [0, 0.1) is 5.92 Å². The molecule has 2 aliphatic rings. The lowest BCUT2D eigenvalue weighted by Crippen LogP contribution is -2.49. The molecule has 0 spiro atoms. The fourth-order valence-electron chi connectivity index (χ4n) is 5.54. The summed E-state index contributed by atoms with van der Waals surface area (Å²) in [6, 6.07) is 15.4. The van der Waals surface area contributed by atoms with E-state index in [1.54, 1.807) is 0 Å². The number of aryl methyl sites for hydroxylation is 1. The smallest absolute Gasteiger partial charge is 0.276 e. The van der Waals surface area contributed by atoms with E-state index in [4.69, 9.17) is 9.16 Å². The van der Waals surface area contributed by atoms with E-state index < -0.39 is 8.32 Å². The SMILES string of the molecule is CCCCCc1cc2c(c(O[Si](C)(C)c3ccccc3)c1)[C@@H]1C=C(C)CC[C@H]1C(C)(C)O2. The van der Waals surface area contributed by atoms with Crippen LogP contribution in [0.4, 0.5) is 0 Å². The van der Waals surface area contributed by atoms with E-state index in [0.717, 1.165) is 17.9 Å². The van der Waals surface area contributed by atoms with Gasteiger partial charge in [-0.05, 0) is 82.4 Å². The maximum absolute atomic E-state index is 7.02. The molecule has 0 unspecified atom stereocenters. The first-order valence-electron chi connectivity index (χ1n) is 12.5. The third-order valence-corrected chi connectivity index (χ3v) is 9.87. The minimum atomic E-state index is -2.13. The highest BCUT2D eigenvalue weighted by molar-refractivity contribution is 6.85. The highest BCUT2D eigenvalue weighted by Crippen LogP contribution is 2.54. The van der Waals surface area contributed by atoms with Crippen molar-refractivity contribution in [2.75, 3.05) is 0 Å². The van der Waals surface area contributed by atoms with E-state index in [9.17, 15) is 0 Å². The third kappa shape index (κ3) is 4.68. The first-order valence-corrected chi connectivity index (χ1v) is 15.4. The van der Waals surface area contributed by atoms with Gasteiger partial charge in [-0.1, -0.05) is 61.7 Å². The molecule has 0 aromatic heterocycles. The lowest BCUT2D eigenvalue weighted by Gasteiger charge is -2.47. The predicted octanol–water partition coefficient (Wildman–Crippen LogP) is 7.52. The predicted molar refractivity (Wildman–Crippen MR) is 138 cm³/mol. The van der Waals surface area contributed by atoms with Crippen molar-refractivity contribution in [1.82, 2.24) is 0 Å². The zero-order valence-corrected chi connectivity index (χ0v) is 21.8. The zero-order valence-electron chi connectivity index (χ0n) is 20.8. The molecule has 2 aromatic carbocycles. The minimum absolute atomic E-state index is 0.166. The second-order valence-corrected chi connectivity index (χ2v) is 14.6. The van der Waals surface area contributed by atoms with Gasteiger partial charge in [0.2, 0.25) is 0 Å². The molecule has 0 radical (unpaired) electrons. The van der Waals surface area contributed by atoms with Crippen molar-refractivity contribution in [3.8, 4) is 11.5 Å². The highest BCUT2D eigenvalue weighted by atomic mass is 28.4. The Balaban J connectivity index is 1.81. The van der Waals surface area contributed by atoms with Gasteiger partial charge >= 0.3 is 0 Å². The molecule has 0 amide bonds. The van der Waals surface area contributed by atoms with Crippen molar-refractivity contribution in [2.24, 2.45) is 5.92 Å². The van der Waals surface area contributed by atoms with Crippen molar-refractivity contribution in [1.29, 1.82) is 0 Å².